The van der Waals surface area contributed by atoms with Crippen LogP contribution in [0.1, 0.15) is 5.69 Å². The van der Waals surface area contributed by atoms with Gasteiger partial charge in [0.1, 0.15) is 18.0 Å². The highest BCUT2D eigenvalue weighted by Crippen LogP contribution is 2.07. The van der Waals surface area contributed by atoms with Gasteiger partial charge in [0, 0.05) is 11.4 Å². The highest BCUT2D eigenvalue weighted by Gasteiger charge is 1.97. The topological polar surface area (TPSA) is 76.7 Å². The Kier molecular flexibility index (Phi) is 2.55. The summed E-state index contributed by atoms with van der Waals surface area (Å²) in [5.74, 6) is 1.17. The minimum Gasteiger partial charge on any atom is -0.384 e. The van der Waals surface area contributed by atoms with E-state index in [1.165, 1.54) is 6.33 Å². The van der Waals surface area contributed by atoms with Gasteiger partial charge < -0.3 is 11.1 Å². The molecule has 0 radical (unpaired) electrons. The lowest BCUT2D eigenvalue weighted by Crippen LogP contribution is -2.02. The van der Waals surface area contributed by atoms with Crippen molar-refractivity contribution < 1.29 is 0 Å². The fourth-order valence-electron chi connectivity index (χ4n) is 0.975. The summed E-state index contributed by atoms with van der Waals surface area (Å²) in [4.78, 5) is 11.9. The molecule has 2 aromatic heterocycles. The Bertz CT molecular complexity index is 400. The molecule has 0 spiro atoms. The standard InChI is InChI=1S/C8H9N5S/c9-7-1-8(12-4-11-7)10-2-6-3-14-5-13-6/h1,3-5H,2H2,(H3,9,10,11,12). The quantitative estimate of drug-likeness (QED) is 0.788. The van der Waals surface area contributed by atoms with Crippen LogP contribution in [-0.4, -0.2) is 15.0 Å². The number of nitrogens with zero attached hydrogens (tertiary/aromatic N) is 3. The van der Waals surface area contributed by atoms with Gasteiger partial charge in [-0.3, -0.25) is 0 Å². The van der Waals surface area contributed by atoms with Gasteiger partial charge in [0.25, 0.3) is 0 Å². The van der Waals surface area contributed by atoms with Crippen LogP contribution in [0.5, 0.6) is 0 Å². The van der Waals surface area contributed by atoms with Crippen molar-refractivity contribution in [3.63, 3.8) is 0 Å². The Morgan fingerprint density at radius 2 is 2.29 bits per heavy atom. The number of thiazole rings is 1. The van der Waals surface area contributed by atoms with Crippen molar-refractivity contribution in [2.24, 2.45) is 0 Å². The van der Waals surface area contributed by atoms with Gasteiger partial charge in [-0.25, -0.2) is 15.0 Å². The number of nitrogens with two attached hydrogens (primary N) is 1. The first-order valence-corrected chi connectivity index (χ1v) is 4.97. The maximum atomic E-state index is 5.50. The number of rotatable bonds is 3. The second-order valence-corrected chi connectivity index (χ2v) is 3.38. The van der Waals surface area contributed by atoms with Crippen molar-refractivity contribution in [2.45, 2.75) is 6.54 Å². The Hall–Kier alpha value is -1.69. The van der Waals surface area contributed by atoms with E-state index >= 15 is 0 Å². The lowest BCUT2D eigenvalue weighted by Gasteiger charge is -2.02. The van der Waals surface area contributed by atoms with E-state index in [-0.39, 0.29) is 0 Å². The molecule has 0 fully saturated rings. The van der Waals surface area contributed by atoms with Crippen LogP contribution in [0.15, 0.2) is 23.3 Å². The van der Waals surface area contributed by atoms with E-state index in [4.69, 9.17) is 5.73 Å². The molecule has 0 bridgehead atoms. The van der Waals surface area contributed by atoms with Crippen LogP contribution >= 0.6 is 11.3 Å². The van der Waals surface area contributed by atoms with Gasteiger partial charge >= 0.3 is 0 Å². The van der Waals surface area contributed by atoms with Gasteiger partial charge in [-0.2, -0.15) is 0 Å². The van der Waals surface area contributed by atoms with Crippen LogP contribution in [0, 0.1) is 0 Å². The average Bonchev–Trinajstić information content (AvgIpc) is 2.67. The largest absolute Gasteiger partial charge is 0.384 e. The highest BCUT2D eigenvalue weighted by molar-refractivity contribution is 7.07. The molecule has 0 saturated heterocycles. The normalized spacial score (nSPS) is 10.0. The first kappa shape index (κ1) is 8.89. The lowest BCUT2D eigenvalue weighted by molar-refractivity contribution is 1.04. The molecule has 2 aromatic rings. The predicted molar refractivity (Wildman–Crippen MR) is 55.9 cm³/mol. The molecular weight excluding hydrogens is 198 g/mol. The highest BCUT2D eigenvalue weighted by atomic mass is 32.1. The van der Waals surface area contributed by atoms with E-state index < -0.39 is 0 Å². The summed E-state index contributed by atoms with van der Waals surface area (Å²) < 4.78 is 0. The smallest absolute Gasteiger partial charge is 0.131 e. The van der Waals surface area contributed by atoms with E-state index in [0.29, 0.717) is 18.2 Å². The molecule has 2 heterocycles. The summed E-state index contributed by atoms with van der Waals surface area (Å²) >= 11 is 1.57. The Morgan fingerprint density at radius 1 is 1.36 bits per heavy atom. The summed E-state index contributed by atoms with van der Waals surface area (Å²) in [6.07, 6.45) is 1.43. The molecule has 0 aliphatic carbocycles. The zero-order valence-corrected chi connectivity index (χ0v) is 8.16. The molecule has 0 unspecified atom stereocenters. The number of nitrogen functional groups attached to an aromatic ring is 1. The molecule has 72 valence electrons. The van der Waals surface area contributed by atoms with Gasteiger partial charge in [0.15, 0.2) is 0 Å². The third kappa shape index (κ3) is 2.17. The molecule has 2 rings (SSSR count). The molecule has 0 amide bonds. The van der Waals surface area contributed by atoms with Gasteiger partial charge in [0.2, 0.25) is 0 Å². The van der Waals surface area contributed by atoms with Gasteiger partial charge in [-0.1, -0.05) is 0 Å². The summed E-state index contributed by atoms with van der Waals surface area (Å²) in [6, 6.07) is 1.69. The monoisotopic (exact) mass is 207 g/mol. The molecular formula is C8H9N5S. The summed E-state index contributed by atoms with van der Waals surface area (Å²) in [6.45, 7) is 0.653. The van der Waals surface area contributed by atoms with Crippen LogP contribution in [0.4, 0.5) is 11.6 Å². The fraction of sp³-hybridized carbons (Fsp3) is 0.125. The van der Waals surface area contributed by atoms with E-state index in [0.717, 1.165) is 5.69 Å². The number of hydrogen-bond donors (Lipinski definition) is 2. The maximum Gasteiger partial charge on any atom is 0.131 e. The maximum absolute atomic E-state index is 5.50. The molecule has 0 aromatic carbocycles. The van der Waals surface area contributed by atoms with Crippen molar-refractivity contribution in [3.8, 4) is 0 Å². The molecule has 14 heavy (non-hydrogen) atoms. The Morgan fingerprint density at radius 3 is 3.00 bits per heavy atom. The SMILES string of the molecule is Nc1cc(NCc2cscn2)ncn1. The average molecular weight is 207 g/mol. The molecule has 0 aliphatic rings. The number of hydrogen-bond acceptors (Lipinski definition) is 6. The zero-order chi connectivity index (χ0) is 9.80. The van der Waals surface area contributed by atoms with Gasteiger partial charge in [-0.15, -0.1) is 11.3 Å². The van der Waals surface area contributed by atoms with Gasteiger partial charge in [-0.05, 0) is 0 Å². The van der Waals surface area contributed by atoms with E-state index in [9.17, 15) is 0 Å². The molecule has 6 heteroatoms. The molecule has 0 atom stereocenters. The minimum atomic E-state index is 0.459. The van der Waals surface area contributed by atoms with E-state index in [2.05, 4.69) is 20.3 Å². The van der Waals surface area contributed by atoms with Crippen LogP contribution in [0.2, 0.25) is 0 Å². The van der Waals surface area contributed by atoms with Crippen LogP contribution in [-0.2, 0) is 6.54 Å². The van der Waals surface area contributed by atoms with Crippen molar-refractivity contribution in [2.75, 3.05) is 11.1 Å². The molecule has 0 saturated carbocycles. The first-order valence-electron chi connectivity index (χ1n) is 4.03. The van der Waals surface area contributed by atoms with Crippen LogP contribution < -0.4 is 11.1 Å². The van der Waals surface area contributed by atoms with Crippen LogP contribution in [0.3, 0.4) is 0 Å². The second-order valence-electron chi connectivity index (χ2n) is 2.66. The Balaban J connectivity index is 1.98. The number of anilines is 2. The fourth-order valence-corrected chi connectivity index (χ4v) is 1.53. The molecule has 5 nitrogen and oxygen atoms in total. The minimum absolute atomic E-state index is 0.459. The first-order chi connectivity index (χ1) is 6.84. The van der Waals surface area contributed by atoms with Gasteiger partial charge in [0.05, 0.1) is 17.7 Å². The predicted octanol–water partition coefficient (Wildman–Crippen LogP) is 1.13. The van der Waals surface area contributed by atoms with E-state index in [1.54, 1.807) is 22.9 Å². The Labute approximate surface area is 85.0 Å². The van der Waals surface area contributed by atoms with Crippen molar-refractivity contribution in [1.82, 2.24) is 15.0 Å². The van der Waals surface area contributed by atoms with E-state index in [1.807, 2.05) is 5.38 Å². The van der Waals surface area contributed by atoms with Crippen molar-refractivity contribution in [1.29, 1.82) is 0 Å². The zero-order valence-electron chi connectivity index (χ0n) is 7.34. The number of aromatic nitrogens is 3. The third-order valence-electron chi connectivity index (χ3n) is 1.62. The third-order valence-corrected chi connectivity index (χ3v) is 2.26. The van der Waals surface area contributed by atoms with Crippen molar-refractivity contribution >= 4 is 23.0 Å². The second kappa shape index (κ2) is 4.01. The molecule has 3 N–H and O–H groups in total. The summed E-state index contributed by atoms with van der Waals surface area (Å²) in [7, 11) is 0. The van der Waals surface area contributed by atoms with Crippen molar-refractivity contribution in [3.05, 3.63) is 29.0 Å². The molecule has 0 aliphatic heterocycles. The van der Waals surface area contributed by atoms with Crippen LogP contribution in [0.25, 0.3) is 0 Å². The summed E-state index contributed by atoms with van der Waals surface area (Å²) in [5.41, 5.74) is 8.29. The summed E-state index contributed by atoms with van der Waals surface area (Å²) in [5, 5.41) is 5.08. The number of nitrogens with one attached hydrogen (secondary N) is 1. The lowest BCUT2D eigenvalue weighted by atomic mass is 10.4.